The molecule has 1 aromatic rings. The van der Waals surface area contributed by atoms with Gasteiger partial charge in [-0.1, -0.05) is 30.7 Å². The Balaban J connectivity index is 3.00. The van der Waals surface area contributed by atoms with Gasteiger partial charge in [-0.3, -0.25) is 9.69 Å². The quantitative estimate of drug-likeness (QED) is 0.896. The molecular weight excluding hydrogens is 257 g/mol. The Bertz CT molecular complexity index is 449. The van der Waals surface area contributed by atoms with E-state index < -0.39 is 17.3 Å². The second-order valence-corrected chi connectivity index (χ2v) is 5.00. The van der Waals surface area contributed by atoms with Gasteiger partial charge in [-0.25, -0.2) is 4.39 Å². The predicted octanol–water partition coefficient (Wildman–Crippen LogP) is 3.16. The van der Waals surface area contributed by atoms with Gasteiger partial charge in [0.2, 0.25) is 0 Å². The molecule has 0 aliphatic carbocycles. The Morgan fingerprint density at radius 2 is 2.11 bits per heavy atom. The highest BCUT2D eigenvalue weighted by molar-refractivity contribution is 6.30. The van der Waals surface area contributed by atoms with Crippen molar-refractivity contribution in [2.75, 3.05) is 6.54 Å². The van der Waals surface area contributed by atoms with Crippen molar-refractivity contribution in [2.45, 2.75) is 32.9 Å². The fourth-order valence-corrected chi connectivity index (χ4v) is 1.91. The number of halogens is 2. The summed E-state index contributed by atoms with van der Waals surface area (Å²) in [7, 11) is 0. The maximum Gasteiger partial charge on any atom is 0.323 e. The van der Waals surface area contributed by atoms with Gasteiger partial charge in [-0.05, 0) is 26.5 Å². The fraction of sp³-hybridized carbons (Fsp3) is 0.462. The normalized spacial score (nSPS) is 11.9. The zero-order chi connectivity index (χ0) is 13.9. The fourth-order valence-electron chi connectivity index (χ4n) is 1.72. The minimum absolute atomic E-state index is 0.0525. The maximum absolute atomic E-state index is 13.8. The number of carboxylic acid groups (broad SMARTS) is 1. The van der Waals surface area contributed by atoms with Gasteiger partial charge in [0, 0.05) is 12.1 Å². The van der Waals surface area contributed by atoms with Crippen LogP contribution in [0.3, 0.4) is 0 Å². The third kappa shape index (κ3) is 3.00. The molecule has 0 saturated heterocycles. The van der Waals surface area contributed by atoms with E-state index in [1.54, 1.807) is 30.9 Å². The van der Waals surface area contributed by atoms with Crippen LogP contribution in [0.5, 0.6) is 0 Å². The second-order valence-electron chi connectivity index (χ2n) is 4.59. The summed E-state index contributed by atoms with van der Waals surface area (Å²) in [4.78, 5) is 12.9. The summed E-state index contributed by atoms with van der Waals surface area (Å²) in [5.74, 6) is -1.43. The van der Waals surface area contributed by atoms with Crippen LogP contribution in [0, 0.1) is 5.82 Å². The summed E-state index contributed by atoms with van der Waals surface area (Å²) in [5, 5.41) is 9.24. The third-order valence-corrected chi connectivity index (χ3v) is 3.38. The van der Waals surface area contributed by atoms with Crippen molar-refractivity contribution < 1.29 is 14.3 Å². The van der Waals surface area contributed by atoms with E-state index in [9.17, 15) is 14.3 Å². The molecule has 0 spiro atoms. The monoisotopic (exact) mass is 273 g/mol. The number of rotatable bonds is 5. The Morgan fingerprint density at radius 1 is 1.50 bits per heavy atom. The lowest BCUT2D eigenvalue weighted by Crippen LogP contribution is -2.49. The van der Waals surface area contributed by atoms with Crippen molar-refractivity contribution in [3.05, 3.63) is 34.6 Å². The zero-order valence-electron chi connectivity index (χ0n) is 10.7. The van der Waals surface area contributed by atoms with Crippen LogP contribution in [-0.4, -0.2) is 28.1 Å². The summed E-state index contributed by atoms with van der Waals surface area (Å²) < 4.78 is 13.8. The van der Waals surface area contributed by atoms with Gasteiger partial charge >= 0.3 is 5.97 Å². The highest BCUT2D eigenvalue weighted by Crippen LogP contribution is 2.23. The Morgan fingerprint density at radius 3 is 2.61 bits per heavy atom. The second kappa shape index (κ2) is 5.67. The summed E-state index contributed by atoms with van der Waals surface area (Å²) >= 11 is 5.71. The van der Waals surface area contributed by atoms with Gasteiger partial charge in [0.1, 0.15) is 11.4 Å². The number of hydrogen-bond donors (Lipinski definition) is 1. The van der Waals surface area contributed by atoms with Crippen molar-refractivity contribution in [1.29, 1.82) is 0 Å². The molecule has 0 heterocycles. The topological polar surface area (TPSA) is 40.5 Å². The van der Waals surface area contributed by atoms with Crippen molar-refractivity contribution in [2.24, 2.45) is 0 Å². The first-order valence-corrected chi connectivity index (χ1v) is 6.09. The summed E-state index contributed by atoms with van der Waals surface area (Å²) in [6, 6.07) is 4.74. The first-order valence-electron chi connectivity index (χ1n) is 5.72. The molecule has 0 aliphatic heterocycles. The third-order valence-electron chi connectivity index (χ3n) is 3.09. The molecule has 18 heavy (non-hydrogen) atoms. The van der Waals surface area contributed by atoms with Crippen molar-refractivity contribution in [3.8, 4) is 0 Å². The predicted molar refractivity (Wildman–Crippen MR) is 69.2 cm³/mol. The highest BCUT2D eigenvalue weighted by atomic mass is 35.5. The van der Waals surface area contributed by atoms with Gasteiger partial charge in [-0.15, -0.1) is 0 Å². The zero-order valence-corrected chi connectivity index (χ0v) is 11.5. The van der Waals surface area contributed by atoms with E-state index in [4.69, 9.17) is 11.6 Å². The molecule has 0 atom stereocenters. The molecule has 1 rings (SSSR count). The van der Waals surface area contributed by atoms with Gasteiger partial charge < -0.3 is 5.11 Å². The van der Waals surface area contributed by atoms with Gasteiger partial charge in [0.25, 0.3) is 0 Å². The minimum Gasteiger partial charge on any atom is -0.480 e. The average Bonchev–Trinajstić information content (AvgIpc) is 2.30. The van der Waals surface area contributed by atoms with Crippen LogP contribution in [0.4, 0.5) is 4.39 Å². The molecule has 5 heteroatoms. The molecule has 100 valence electrons. The Kier molecular flexibility index (Phi) is 4.71. The number of likely N-dealkylation sites (N-methyl/N-ethyl adjacent to an activating group) is 1. The molecule has 0 fully saturated rings. The van der Waals surface area contributed by atoms with Crippen LogP contribution >= 0.6 is 11.6 Å². The van der Waals surface area contributed by atoms with Crippen LogP contribution in [0.2, 0.25) is 5.02 Å². The molecule has 0 radical (unpaired) electrons. The molecule has 0 amide bonds. The summed E-state index contributed by atoms with van der Waals surface area (Å²) in [5.41, 5.74) is -0.651. The lowest BCUT2D eigenvalue weighted by molar-refractivity contribution is -0.149. The van der Waals surface area contributed by atoms with Gasteiger partial charge in [0.05, 0.1) is 5.02 Å². The molecule has 3 nitrogen and oxygen atoms in total. The first kappa shape index (κ1) is 14.9. The van der Waals surface area contributed by atoms with E-state index in [1.807, 2.05) is 6.92 Å². The van der Waals surface area contributed by atoms with Crippen LogP contribution in [0.25, 0.3) is 0 Å². The first-order chi connectivity index (χ1) is 8.30. The highest BCUT2D eigenvalue weighted by Gasteiger charge is 2.33. The number of carboxylic acids is 1. The maximum atomic E-state index is 13.8. The van der Waals surface area contributed by atoms with E-state index in [2.05, 4.69) is 0 Å². The van der Waals surface area contributed by atoms with Crippen molar-refractivity contribution >= 4 is 17.6 Å². The molecule has 0 bridgehead atoms. The molecule has 1 N–H and O–H groups in total. The van der Waals surface area contributed by atoms with E-state index in [1.165, 1.54) is 6.07 Å². The number of aliphatic carboxylic acids is 1. The largest absolute Gasteiger partial charge is 0.480 e. The molecule has 1 aromatic carbocycles. The van der Waals surface area contributed by atoms with E-state index in [-0.39, 0.29) is 11.6 Å². The average molecular weight is 274 g/mol. The molecular formula is C13H17ClFNO2. The number of carbonyl (C=O) groups is 1. The van der Waals surface area contributed by atoms with Crippen LogP contribution < -0.4 is 0 Å². The van der Waals surface area contributed by atoms with Crippen molar-refractivity contribution in [1.82, 2.24) is 4.90 Å². The van der Waals surface area contributed by atoms with E-state index >= 15 is 0 Å². The van der Waals surface area contributed by atoms with E-state index in [0.29, 0.717) is 12.1 Å². The van der Waals surface area contributed by atoms with Crippen LogP contribution in [-0.2, 0) is 11.3 Å². The van der Waals surface area contributed by atoms with Gasteiger partial charge in [-0.2, -0.15) is 0 Å². The lowest BCUT2D eigenvalue weighted by Gasteiger charge is -2.34. The summed E-state index contributed by atoms with van der Waals surface area (Å²) in [6.45, 7) is 5.75. The minimum atomic E-state index is -1.05. The Labute approximate surface area is 111 Å². The van der Waals surface area contributed by atoms with Crippen molar-refractivity contribution in [3.63, 3.8) is 0 Å². The molecule has 0 aliphatic rings. The van der Waals surface area contributed by atoms with Gasteiger partial charge in [0.15, 0.2) is 0 Å². The number of benzene rings is 1. The molecule has 0 saturated carbocycles. The molecule has 0 aromatic heterocycles. The Hall–Kier alpha value is -1.13. The SMILES string of the molecule is CCN(Cc1cccc(Cl)c1F)C(C)(C)C(=O)O. The van der Waals surface area contributed by atoms with Crippen LogP contribution in [0.1, 0.15) is 26.3 Å². The molecule has 0 unspecified atom stereocenters. The standard InChI is InChI=1S/C13H17ClFNO2/c1-4-16(13(2,3)12(17)18)8-9-6-5-7-10(14)11(9)15/h5-7H,4,8H2,1-3H3,(H,17,18). The van der Waals surface area contributed by atoms with E-state index in [0.717, 1.165) is 0 Å². The number of nitrogens with zero attached hydrogens (tertiary/aromatic N) is 1. The smallest absolute Gasteiger partial charge is 0.323 e. The van der Waals surface area contributed by atoms with Crippen LogP contribution in [0.15, 0.2) is 18.2 Å². The number of hydrogen-bond acceptors (Lipinski definition) is 2. The summed E-state index contributed by atoms with van der Waals surface area (Å²) in [6.07, 6.45) is 0. The lowest BCUT2D eigenvalue weighted by atomic mass is 10.0.